The molecule has 4 atom stereocenters. The third-order valence-corrected chi connectivity index (χ3v) is 24.8. The number of H-pyrrole nitrogens is 4. The molecule has 0 aliphatic carbocycles. The predicted octanol–water partition coefficient (Wildman–Crippen LogP) is 11.4. The lowest BCUT2D eigenvalue weighted by Gasteiger charge is -2.43. The third kappa shape index (κ3) is 16.5. The molecule has 0 bridgehead atoms. The van der Waals surface area contributed by atoms with E-state index in [4.69, 9.17) is 9.47 Å². The SMILES string of the molecule is Cc1ccc2[nH]c(=O)n(C3CCN(C4(C)CCN(C(=O)OC(C)(C)C)C4)CC3)c2c1.Cc1ccc2[nH]c(=O)n(C3CCN(C4(C)CCNC4)CC3)c2c1.Cc1ccc2c(c1)[nH]c(=O)n2C1CCN(C2(C)CCN(C(=O)OC(C)(C)C)C2)CC1.Cc1ccc2c(c1)[nH]c(=O)n2C1CCN(C2(C)CCNC2)CC1. The second kappa shape index (κ2) is 30.4. The van der Waals surface area contributed by atoms with Gasteiger partial charge in [0, 0.05) is 138 Å². The Kier molecular flexibility index (Phi) is 21.9. The predicted molar refractivity (Wildman–Crippen MR) is 422 cm³/mol. The van der Waals surface area contributed by atoms with Crippen molar-refractivity contribution < 1.29 is 19.1 Å². The van der Waals surface area contributed by atoms with E-state index < -0.39 is 11.2 Å². The molecule has 16 rings (SSSR count). The lowest BCUT2D eigenvalue weighted by atomic mass is 9.93. The Hall–Kier alpha value is -7.74. The quantitative estimate of drug-likeness (QED) is 0.0829. The summed E-state index contributed by atoms with van der Waals surface area (Å²) in [5, 5.41) is 6.97. The van der Waals surface area contributed by atoms with Gasteiger partial charge in [-0.05, 0) is 258 Å². The van der Waals surface area contributed by atoms with Gasteiger partial charge in [-0.25, -0.2) is 28.8 Å². The minimum Gasteiger partial charge on any atom is -0.444 e. The van der Waals surface area contributed by atoms with Crippen LogP contribution in [0.15, 0.2) is 92.0 Å². The first kappa shape index (κ1) is 76.5. The smallest absolute Gasteiger partial charge is 0.410 e. The fourth-order valence-corrected chi connectivity index (χ4v) is 18.6. The molecule has 8 aromatic rings. The summed E-state index contributed by atoms with van der Waals surface area (Å²) in [7, 11) is 0. The Bertz CT molecular complexity index is 4680. The largest absolute Gasteiger partial charge is 0.444 e. The summed E-state index contributed by atoms with van der Waals surface area (Å²) >= 11 is 0. The first-order chi connectivity index (χ1) is 50.2. The second-order valence-electron chi connectivity index (χ2n) is 35.3. The summed E-state index contributed by atoms with van der Waals surface area (Å²) in [4.78, 5) is 101. The van der Waals surface area contributed by atoms with Crippen molar-refractivity contribution in [2.24, 2.45) is 0 Å². The van der Waals surface area contributed by atoms with Crippen molar-refractivity contribution >= 4 is 56.3 Å². The number of imidazole rings is 4. The van der Waals surface area contributed by atoms with Gasteiger partial charge in [-0.15, -0.1) is 0 Å². The molecule has 24 nitrogen and oxygen atoms in total. The molecule has 8 aliphatic rings. The van der Waals surface area contributed by atoms with Gasteiger partial charge in [-0.1, -0.05) is 24.3 Å². The van der Waals surface area contributed by atoms with E-state index in [1.807, 2.05) is 107 Å². The van der Waals surface area contributed by atoms with Crippen LogP contribution in [0.3, 0.4) is 0 Å². The van der Waals surface area contributed by atoms with Crippen LogP contribution in [0.1, 0.15) is 193 Å². The number of fused-ring (bicyclic) bond motifs is 4. The van der Waals surface area contributed by atoms with Crippen molar-refractivity contribution in [1.29, 1.82) is 0 Å². The normalized spacial score (nSPS) is 25.3. The molecule has 8 saturated heterocycles. The lowest BCUT2D eigenvalue weighted by Crippen LogP contribution is -2.52. The zero-order chi connectivity index (χ0) is 75.4. The second-order valence-corrected chi connectivity index (χ2v) is 35.3. The molecule has 0 radical (unpaired) electrons. The molecule has 4 unspecified atom stereocenters. The molecule has 12 heterocycles. The minimum atomic E-state index is -0.473. The van der Waals surface area contributed by atoms with E-state index in [2.05, 4.69) is 141 Å². The van der Waals surface area contributed by atoms with Crippen molar-refractivity contribution in [3.8, 4) is 0 Å². The van der Waals surface area contributed by atoms with Crippen LogP contribution >= 0.6 is 0 Å². The van der Waals surface area contributed by atoms with Crippen molar-refractivity contribution in [2.45, 2.75) is 232 Å². The van der Waals surface area contributed by atoms with E-state index >= 15 is 0 Å². The van der Waals surface area contributed by atoms with Gasteiger partial charge in [0.2, 0.25) is 0 Å². The van der Waals surface area contributed by atoms with Gasteiger partial charge in [0.15, 0.2) is 0 Å². The number of nitrogens with one attached hydrogen (secondary N) is 6. The number of aromatic amines is 4. The van der Waals surface area contributed by atoms with Crippen LogP contribution in [0.5, 0.6) is 0 Å². The highest BCUT2D eigenvalue weighted by Crippen LogP contribution is 2.39. The number of nitrogens with zero attached hydrogens (tertiary/aromatic N) is 10. The summed E-state index contributed by atoms with van der Waals surface area (Å²) < 4.78 is 19.0. The number of rotatable bonds is 8. The van der Waals surface area contributed by atoms with E-state index in [1.165, 1.54) is 24.0 Å². The highest BCUT2D eigenvalue weighted by Gasteiger charge is 2.46. The number of carbonyl (C=O) groups excluding carboxylic acids is 2. The number of aryl methyl sites for hydroxylation is 4. The maximum absolute atomic E-state index is 12.6. The maximum Gasteiger partial charge on any atom is 0.410 e. The van der Waals surface area contributed by atoms with Crippen molar-refractivity contribution in [3.63, 3.8) is 0 Å². The number of amides is 2. The van der Waals surface area contributed by atoms with Crippen molar-refractivity contribution in [2.75, 3.05) is 105 Å². The molecule has 2 amide bonds. The molecule has 106 heavy (non-hydrogen) atoms. The number of carbonyl (C=O) groups is 2. The van der Waals surface area contributed by atoms with E-state index in [-0.39, 0.29) is 58.1 Å². The summed E-state index contributed by atoms with van der Waals surface area (Å²) in [6.45, 7) is 44.2. The van der Waals surface area contributed by atoms with E-state index in [9.17, 15) is 28.8 Å². The third-order valence-electron chi connectivity index (χ3n) is 24.8. The average Bonchev–Trinajstić information content (AvgIpc) is 1.62. The number of hydrogen-bond acceptors (Lipinski definition) is 14. The molecule has 24 heteroatoms. The zero-order valence-electron chi connectivity index (χ0n) is 65.8. The Labute approximate surface area is 623 Å². The molecular weight excluding hydrogens is 1340 g/mol. The summed E-state index contributed by atoms with van der Waals surface area (Å²) in [5.74, 6) is 0. The molecule has 4 aromatic carbocycles. The van der Waals surface area contributed by atoms with Crippen LogP contribution in [0.25, 0.3) is 44.1 Å². The Morgan fingerprint density at radius 2 is 0.651 bits per heavy atom. The van der Waals surface area contributed by atoms with E-state index in [0.717, 1.165) is 211 Å². The first-order valence-corrected chi connectivity index (χ1v) is 39.5. The van der Waals surface area contributed by atoms with Crippen molar-refractivity contribution in [3.05, 3.63) is 137 Å². The average molecular weight is 1460 g/mol. The minimum absolute atomic E-state index is 0.0165. The standard InChI is InChI=1S/2C23H34N4O3.2C18H26N4O/c1-16-6-7-19-18(14-16)24-20(28)27(19)17-8-11-26(12-9-17)23(5)10-13-25(15-23)21(29)30-22(2,3)4;1-16-6-7-18-19(14-16)27(20(28)24-18)17-8-11-26(12-9-17)23(5)10-13-25(15-23)21(29)30-22(2,3)4;1-13-3-4-16-15(11-13)20-17(23)22(16)14-5-9-21(10-6-14)18(2)7-8-19-12-18;1-13-3-4-15-16(11-13)22(17(23)20-15)14-5-9-21(10-6-14)18(2)7-8-19-12-18/h2*6-7,14,17H,8-13,15H2,1-5H3,(H,24,28);2*3-4,11,14,19H,5-10,12H2,1-2H3,(H,20,23). The van der Waals surface area contributed by atoms with Crippen LogP contribution in [-0.2, 0) is 9.47 Å². The van der Waals surface area contributed by atoms with Crippen LogP contribution in [0, 0.1) is 27.7 Å². The molecule has 0 spiro atoms. The highest BCUT2D eigenvalue weighted by atomic mass is 16.6. The van der Waals surface area contributed by atoms with Crippen molar-refractivity contribution in [1.82, 2.24) is 78.2 Å². The molecule has 576 valence electrons. The molecular formula is C82H120N16O8. The fraction of sp³-hybridized carbons (Fsp3) is 0.634. The Morgan fingerprint density at radius 1 is 0.368 bits per heavy atom. The summed E-state index contributed by atoms with van der Waals surface area (Å²) in [6.07, 6.45) is 11.8. The van der Waals surface area contributed by atoms with Gasteiger partial charge < -0.3 is 49.8 Å². The summed E-state index contributed by atoms with van der Waals surface area (Å²) in [5.41, 5.74) is 12.2. The van der Waals surface area contributed by atoms with Gasteiger partial charge >= 0.3 is 34.9 Å². The van der Waals surface area contributed by atoms with Crippen LogP contribution < -0.4 is 33.4 Å². The number of piperidine rings is 4. The highest BCUT2D eigenvalue weighted by molar-refractivity contribution is 5.79. The number of hydrogen-bond donors (Lipinski definition) is 6. The van der Waals surface area contributed by atoms with Gasteiger partial charge in [-0.3, -0.25) is 37.9 Å². The Balaban J connectivity index is 0.000000126. The van der Waals surface area contributed by atoms with Crippen LogP contribution in [0.2, 0.25) is 0 Å². The van der Waals surface area contributed by atoms with Gasteiger partial charge in [0.1, 0.15) is 11.2 Å². The van der Waals surface area contributed by atoms with Crippen LogP contribution in [0.4, 0.5) is 9.59 Å². The fourth-order valence-electron chi connectivity index (χ4n) is 18.6. The molecule has 8 fully saturated rings. The zero-order valence-corrected chi connectivity index (χ0v) is 65.8. The monoisotopic (exact) mass is 1460 g/mol. The first-order valence-electron chi connectivity index (χ1n) is 39.5. The summed E-state index contributed by atoms with van der Waals surface area (Å²) in [6, 6.07) is 25.7. The van der Waals surface area contributed by atoms with Gasteiger partial charge in [0.25, 0.3) is 0 Å². The Morgan fingerprint density at radius 3 is 0.953 bits per heavy atom. The van der Waals surface area contributed by atoms with E-state index in [1.54, 1.807) is 0 Å². The topological polar surface area (TPSA) is 247 Å². The number of likely N-dealkylation sites (tertiary alicyclic amines) is 6. The number of ether oxygens (including phenoxy) is 2. The maximum atomic E-state index is 12.6. The molecule has 8 aliphatic heterocycles. The lowest BCUT2D eigenvalue weighted by molar-refractivity contribution is 0.0214. The molecule has 6 N–H and O–H groups in total. The van der Waals surface area contributed by atoms with Gasteiger partial charge in [0.05, 0.1) is 44.1 Å². The number of aromatic nitrogens is 8. The molecule has 0 saturated carbocycles. The molecule has 4 aromatic heterocycles. The number of benzene rings is 4. The van der Waals surface area contributed by atoms with Crippen LogP contribution in [-0.4, -0.2) is 218 Å². The van der Waals surface area contributed by atoms with Gasteiger partial charge in [-0.2, -0.15) is 0 Å². The van der Waals surface area contributed by atoms with E-state index in [0.29, 0.717) is 36.3 Å².